The van der Waals surface area contributed by atoms with E-state index in [1.807, 2.05) is 18.2 Å². The van der Waals surface area contributed by atoms with Crippen LogP contribution in [0.15, 0.2) is 30.3 Å². The average molecular weight is 236 g/mol. The number of carbonyl (C=O) groups is 2. The number of hydrogen-bond acceptors (Lipinski definition) is 3. The van der Waals surface area contributed by atoms with Crippen molar-refractivity contribution in [3.05, 3.63) is 30.3 Å². The summed E-state index contributed by atoms with van der Waals surface area (Å²) < 4.78 is 0. The highest BCUT2D eigenvalue weighted by atomic mass is 32.2. The molecule has 1 atom stereocenters. The van der Waals surface area contributed by atoms with Gasteiger partial charge in [0, 0.05) is 11.4 Å². The van der Waals surface area contributed by atoms with Crippen LogP contribution >= 0.6 is 11.8 Å². The summed E-state index contributed by atoms with van der Waals surface area (Å²) >= 11 is 1.27. The number of para-hydroxylation sites is 1. The fourth-order valence-electron chi connectivity index (χ4n) is 1.47. The van der Waals surface area contributed by atoms with Crippen LogP contribution in [0.5, 0.6) is 0 Å². The molecule has 5 heteroatoms. The monoisotopic (exact) mass is 236 g/mol. The van der Waals surface area contributed by atoms with Crippen LogP contribution in [-0.2, 0) is 4.79 Å². The zero-order valence-corrected chi connectivity index (χ0v) is 9.42. The molecule has 1 aliphatic rings. The van der Waals surface area contributed by atoms with Gasteiger partial charge in [0.2, 0.25) is 5.12 Å². The third kappa shape index (κ3) is 2.76. The summed E-state index contributed by atoms with van der Waals surface area (Å²) in [4.78, 5) is 22.8. The quantitative estimate of drug-likeness (QED) is 0.823. The Balaban J connectivity index is 1.87. The van der Waals surface area contributed by atoms with Crippen LogP contribution in [0.3, 0.4) is 0 Å². The molecule has 1 fully saturated rings. The molecule has 2 N–H and O–H groups in total. The van der Waals surface area contributed by atoms with Gasteiger partial charge >= 0.3 is 6.03 Å². The number of nitrogens with one attached hydrogen (secondary N) is 2. The zero-order valence-electron chi connectivity index (χ0n) is 8.60. The third-order valence-corrected chi connectivity index (χ3v) is 3.28. The van der Waals surface area contributed by atoms with E-state index in [2.05, 4.69) is 10.6 Å². The van der Waals surface area contributed by atoms with E-state index < -0.39 is 0 Å². The molecule has 0 unspecified atom stereocenters. The number of rotatable bonds is 2. The van der Waals surface area contributed by atoms with E-state index in [1.54, 1.807) is 12.1 Å². The van der Waals surface area contributed by atoms with Crippen molar-refractivity contribution in [3.8, 4) is 0 Å². The zero-order chi connectivity index (χ0) is 11.4. The topological polar surface area (TPSA) is 58.2 Å². The van der Waals surface area contributed by atoms with Crippen LogP contribution in [0.1, 0.15) is 6.42 Å². The molecule has 1 aromatic rings. The lowest BCUT2D eigenvalue weighted by molar-refractivity contribution is -0.112. The smallest absolute Gasteiger partial charge is 0.319 e. The van der Waals surface area contributed by atoms with E-state index in [0.29, 0.717) is 6.42 Å². The molecule has 4 nitrogen and oxygen atoms in total. The van der Waals surface area contributed by atoms with Gasteiger partial charge in [-0.05, 0) is 18.6 Å². The van der Waals surface area contributed by atoms with Gasteiger partial charge in [-0.2, -0.15) is 0 Å². The second-order valence-corrected chi connectivity index (χ2v) is 4.57. The molecule has 2 rings (SSSR count). The van der Waals surface area contributed by atoms with Gasteiger partial charge in [-0.25, -0.2) is 4.79 Å². The molecule has 0 aliphatic carbocycles. The maximum absolute atomic E-state index is 11.5. The molecule has 84 valence electrons. The fraction of sp³-hybridized carbons (Fsp3) is 0.273. The molecule has 0 bridgehead atoms. The minimum absolute atomic E-state index is 0.0446. The Morgan fingerprint density at radius 2 is 2.06 bits per heavy atom. The standard InChI is InChI=1S/C11H12N2O2S/c14-10-9(6-7-16-10)13-11(15)12-8-4-2-1-3-5-8/h1-5,9H,6-7H2,(H2,12,13,15)/t9-/m0/s1. The van der Waals surface area contributed by atoms with E-state index in [1.165, 1.54) is 11.8 Å². The van der Waals surface area contributed by atoms with Crippen LogP contribution in [0, 0.1) is 0 Å². The molecule has 0 radical (unpaired) electrons. The fourth-order valence-corrected chi connectivity index (χ4v) is 2.41. The molecule has 1 aliphatic heterocycles. The van der Waals surface area contributed by atoms with E-state index in [0.717, 1.165) is 11.4 Å². The van der Waals surface area contributed by atoms with Gasteiger partial charge in [-0.3, -0.25) is 4.79 Å². The predicted molar refractivity (Wildman–Crippen MR) is 64.5 cm³/mol. The van der Waals surface area contributed by atoms with Gasteiger partial charge in [-0.15, -0.1) is 0 Å². The number of anilines is 1. The molecule has 0 spiro atoms. The predicted octanol–water partition coefficient (Wildman–Crippen LogP) is 1.84. The third-order valence-electron chi connectivity index (χ3n) is 2.27. The van der Waals surface area contributed by atoms with Gasteiger partial charge in [0.05, 0.1) is 0 Å². The van der Waals surface area contributed by atoms with E-state index in [4.69, 9.17) is 0 Å². The first-order chi connectivity index (χ1) is 7.75. The first-order valence-electron chi connectivity index (χ1n) is 5.05. The minimum atomic E-state index is -0.339. The normalized spacial score (nSPS) is 19.5. The lowest BCUT2D eigenvalue weighted by Crippen LogP contribution is -2.39. The van der Waals surface area contributed by atoms with Gasteiger partial charge in [0.1, 0.15) is 6.04 Å². The Morgan fingerprint density at radius 1 is 1.31 bits per heavy atom. The van der Waals surface area contributed by atoms with Crippen molar-refractivity contribution in [2.45, 2.75) is 12.5 Å². The summed E-state index contributed by atoms with van der Waals surface area (Å²) in [6.07, 6.45) is 0.714. The molecule has 16 heavy (non-hydrogen) atoms. The van der Waals surface area contributed by atoms with Crippen molar-refractivity contribution in [1.82, 2.24) is 5.32 Å². The van der Waals surface area contributed by atoms with Crippen LogP contribution in [0.25, 0.3) is 0 Å². The lowest BCUT2D eigenvalue weighted by Gasteiger charge is -2.11. The molecule has 0 aromatic heterocycles. The summed E-state index contributed by atoms with van der Waals surface area (Å²) in [7, 11) is 0. The van der Waals surface area contributed by atoms with Crippen LogP contribution in [0.4, 0.5) is 10.5 Å². The number of benzene rings is 1. The maximum atomic E-state index is 11.5. The molecule has 2 amide bonds. The van der Waals surface area contributed by atoms with Crippen LogP contribution in [0.2, 0.25) is 0 Å². The van der Waals surface area contributed by atoms with Crippen LogP contribution < -0.4 is 10.6 Å². The Bertz CT molecular complexity index is 394. The summed E-state index contributed by atoms with van der Waals surface area (Å²) in [5, 5.41) is 5.38. The van der Waals surface area contributed by atoms with Gasteiger partial charge in [0.25, 0.3) is 0 Å². The van der Waals surface area contributed by atoms with E-state index in [9.17, 15) is 9.59 Å². The SMILES string of the molecule is O=C(Nc1ccccc1)N[C@H]1CCSC1=O. The Kier molecular flexibility index (Phi) is 3.46. The minimum Gasteiger partial charge on any atom is -0.327 e. The number of urea groups is 1. The van der Waals surface area contributed by atoms with Crippen LogP contribution in [-0.4, -0.2) is 22.9 Å². The first-order valence-corrected chi connectivity index (χ1v) is 6.03. The highest BCUT2D eigenvalue weighted by Gasteiger charge is 2.26. The van der Waals surface area contributed by atoms with Crippen molar-refractivity contribution >= 4 is 28.6 Å². The van der Waals surface area contributed by atoms with E-state index in [-0.39, 0.29) is 17.2 Å². The molecular weight excluding hydrogens is 224 g/mol. The van der Waals surface area contributed by atoms with Crippen molar-refractivity contribution in [2.24, 2.45) is 0 Å². The number of carbonyl (C=O) groups excluding carboxylic acids is 2. The first kappa shape index (κ1) is 11.0. The Labute approximate surface area is 97.8 Å². The lowest BCUT2D eigenvalue weighted by atomic mass is 10.2. The molecular formula is C11H12N2O2S. The average Bonchev–Trinajstić information content (AvgIpc) is 2.66. The summed E-state index contributed by atoms with van der Waals surface area (Å²) in [5.74, 6) is 0.787. The summed E-state index contributed by atoms with van der Waals surface area (Å²) in [6, 6.07) is 8.48. The number of hydrogen-bond donors (Lipinski definition) is 2. The van der Waals surface area contributed by atoms with Gasteiger partial charge in [0.15, 0.2) is 0 Å². The van der Waals surface area contributed by atoms with Gasteiger partial charge < -0.3 is 10.6 Å². The summed E-state index contributed by atoms with van der Waals surface area (Å²) in [6.45, 7) is 0. The Hall–Kier alpha value is -1.49. The summed E-state index contributed by atoms with van der Waals surface area (Å²) in [5.41, 5.74) is 0.720. The molecule has 1 saturated heterocycles. The van der Waals surface area contributed by atoms with Crippen molar-refractivity contribution < 1.29 is 9.59 Å². The van der Waals surface area contributed by atoms with Gasteiger partial charge in [-0.1, -0.05) is 30.0 Å². The van der Waals surface area contributed by atoms with Crippen molar-refractivity contribution in [2.75, 3.05) is 11.1 Å². The number of thioether (sulfide) groups is 1. The molecule has 1 heterocycles. The second-order valence-electron chi connectivity index (χ2n) is 3.47. The Morgan fingerprint density at radius 3 is 2.69 bits per heavy atom. The van der Waals surface area contributed by atoms with Crippen molar-refractivity contribution in [1.29, 1.82) is 0 Å². The van der Waals surface area contributed by atoms with Crippen molar-refractivity contribution in [3.63, 3.8) is 0 Å². The largest absolute Gasteiger partial charge is 0.327 e. The highest BCUT2D eigenvalue weighted by Crippen LogP contribution is 2.19. The highest BCUT2D eigenvalue weighted by molar-refractivity contribution is 8.14. The number of amides is 2. The molecule has 0 saturated carbocycles. The van der Waals surface area contributed by atoms with E-state index >= 15 is 0 Å². The molecule has 1 aromatic carbocycles. The second kappa shape index (κ2) is 5.03. The maximum Gasteiger partial charge on any atom is 0.319 e.